The third-order valence-corrected chi connectivity index (χ3v) is 12.0. The SMILES string of the molecule is c1ccc(-c2ccc(-c3nc(-c4ccccc4)nc(-c4ccc5c(c4)sc4cc(-c6ccc(-c7ccc8ccccc8c7)cc6)c6ccccc6c45)n3)cc2)cc1. The molecule has 0 aliphatic heterocycles. The van der Waals surface area contributed by atoms with Crippen LogP contribution in [0.1, 0.15) is 0 Å². The second kappa shape index (κ2) is 13.8. The summed E-state index contributed by atoms with van der Waals surface area (Å²) >= 11 is 1.82. The van der Waals surface area contributed by atoms with Gasteiger partial charge in [-0.3, -0.25) is 0 Å². The van der Waals surface area contributed by atoms with E-state index in [4.69, 9.17) is 15.0 Å². The molecule has 11 aromatic rings. The molecule has 11 rings (SSSR count). The van der Waals surface area contributed by atoms with Crippen molar-refractivity contribution >= 4 is 53.1 Å². The molecule has 0 aliphatic carbocycles. The predicted octanol–water partition coefficient (Wildman–Crippen LogP) is 14.5. The van der Waals surface area contributed by atoms with Crippen molar-refractivity contribution in [1.82, 2.24) is 15.0 Å². The lowest BCUT2D eigenvalue weighted by molar-refractivity contribution is 1.07. The maximum Gasteiger partial charge on any atom is 0.164 e. The highest BCUT2D eigenvalue weighted by atomic mass is 32.1. The topological polar surface area (TPSA) is 38.7 Å². The van der Waals surface area contributed by atoms with Gasteiger partial charge in [-0.05, 0) is 73.1 Å². The summed E-state index contributed by atoms with van der Waals surface area (Å²) in [7, 11) is 0. The summed E-state index contributed by atoms with van der Waals surface area (Å²) in [6.07, 6.45) is 0. The van der Waals surface area contributed by atoms with Crippen LogP contribution in [0.4, 0.5) is 0 Å². The highest BCUT2D eigenvalue weighted by Crippen LogP contribution is 2.44. The van der Waals surface area contributed by atoms with Gasteiger partial charge in [-0.1, -0.05) is 182 Å². The Kier molecular flexibility index (Phi) is 8.01. The normalized spacial score (nSPS) is 11.5. The zero-order chi connectivity index (χ0) is 37.7. The van der Waals surface area contributed by atoms with Gasteiger partial charge < -0.3 is 0 Å². The second-order valence-electron chi connectivity index (χ2n) is 14.4. The fourth-order valence-electron chi connectivity index (χ4n) is 8.02. The fourth-order valence-corrected chi connectivity index (χ4v) is 9.22. The number of nitrogens with zero attached hydrogens (tertiary/aromatic N) is 3. The van der Waals surface area contributed by atoms with E-state index < -0.39 is 0 Å². The largest absolute Gasteiger partial charge is 0.208 e. The second-order valence-corrected chi connectivity index (χ2v) is 15.5. The Bertz CT molecular complexity index is 3260. The Morgan fingerprint density at radius 3 is 1.49 bits per heavy atom. The summed E-state index contributed by atoms with van der Waals surface area (Å²) < 4.78 is 2.46. The Labute approximate surface area is 334 Å². The molecule has 0 spiro atoms. The number of hydrogen-bond donors (Lipinski definition) is 0. The van der Waals surface area contributed by atoms with Crippen molar-refractivity contribution in [2.75, 3.05) is 0 Å². The van der Waals surface area contributed by atoms with E-state index in [1.807, 2.05) is 35.6 Å². The van der Waals surface area contributed by atoms with Gasteiger partial charge in [-0.2, -0.15) is 0 Å². The molecule has 0 saturated heterocycles. The Balaban J connectivity index is 1.00. The number of benzene rings is 9. The van der Waals surface area contributed by atoms with Crippen molar-refractivity contribution in [2.24, 2.45) is 0 Å². The molecule has 0 bridgehead atoms. The zero-order valence-electron chi connectivity index (χ0n) is 30.8. The smallest absolute Gasteiger partial charge is 0.164 e. The molecule has 266 valence electrons. The van der Waals surface area contributed by atoms with Crippen molar-refractivity contribution in [3.8, 4) is 67.5 Å². The molecule has 0 saturated carbocycles. The van der Waals surface area contributed by atoms with Gasteiger partial charge in [0, 0.05) is 36.9 Å². The van der Waals surface area contributed by atoms with Crippen LogP contribution >= 0.6 is 11.3 Å². The lowest BCUT2D eigenvalue weighted by Crippen LogP contribution is -2.00. The summed E-state index contributed by atoms with van der Waals surface area (Å²) in [5.41, 5.74) is 10.1. The number of aromatic nitrogens is 3. The molecular weight excluding hydrogens is 711 g/mol. The Morgan fingerprint density at radius 2 is 0.772 bits per heavy atom. The van der Waals surface area contributed by atoms with E-state index in [0.717, 1.165) is 22.3 Å². The molecule has 0 atom stereocenters. The van der Waals surface area contributed by atoms with E-state index in [-0.39, 0.29) is 0 Å². The average molecular weight is 744 g/mol. The van der Waals surface area contributed by atoms with E-state index in [2.05, 4.69) is 176 Å². The van der Waals surface area contributed by atoms with Crippen LogP contribution in [0.15, 0.2) is 200 Å². The first-order chi connectivity index (χ1) is 28.2. The summed E-state index contributed by atoms with van der Waals surface area (Å²) in [6, 6.07) is 71.2. The van der Waals surface area contributed by atoms with Crippen LogP contribution < -0.4 is 0 Å². The number of thiophene rings is 1. The van der Waals surface area contributed by atoms with E-state index in [1.54, 1.807) is 0 Å². The van der Waals surface area contributed by atoms with Crippen LogP contribution in [0.2, 0.25) is 0 Å². The molecule has 4 heteroatoms. The fraction of sp³-hybridized carbons (Fsp3) is 0. The Hall–Kier alpha value is -7.27. The van der Waals surface area contributed by atoms with E-state index in [1.165, 1.54) is 69.5 Å². The van der Waals surface area contributed by atoms with Gasteiger partial charge in [0.25, 0.3) is 0 Å². The van der Waals surface area contributed by atoms with Crippen molar-refractivity contribution in [3.63, 3.8) is 0 Å². The van der Waals surface area contributed by atoms with Gasteiger partial charge in [-0.25, -0.2) is 15.0 Å². The maximum atomic E-state index is 5.09. The monoisotopic (exact) mass is 743 g/mol. The zero-order valence-corrected chi connectivity index (χ0v) is 31.6. The molecule has 0 aliphatic rings. The molecule has 0 radical (unpaired) electrons. The third kappa shape index (κ3) is 6.04. The number of fused-ring (bicyclic) bond motifs is 6. The Morgan fingerprint density at radius 1 is 0.281 bits per heavy atom. The van der Waals surface area contributed by atoms with Crippen LogP contribution in [-0.2, 0) is 0 Å². The summed E-state index contributed by atoms with van der Waals surface area (Å²) in [5, 5.41) is 7.55. The van der Waals surface area contributed by atoms with E-state index in [0.29, 0.717) is 17.5 Å². The molecule has 57 heavy (non-hydrogen) atoms. The third-order valence-electron chi connectivity index (χ3n) is 10.9. The molecule has 9 aromatic carbocycles. The first-order valence-corrected chi connectivity index (χ1v) is 20.0. The lowest BCUT2D eigenvalue weighted by atomic mass is 9.93. The molecule has 0 N–H and O–H groups in total. The van der Waals surface area contributed by atoms with Crippen molar-refractivity contribution < 1.29 is 0 Å². The maximum absolute atomic E-state index is 5.09. The highest BCUT2D eigenvalue weighted by molar-refractivity contribution is 7.26. The van der Waals surface area contributed by atoms with E-state index >= 15 is 0 Å². The summed E-state index contributed by atoms with van der Waals surface area (Å²) in [6.45, 7) is 0. The van der Waals surface area contributed by atoms with Gasteiger partial charge in [0.2, 0.25) is 0 Å². The predicted molar refractivity (Wildman–Crippen MR) is 240 cm³/mol. The minimum atomic E-state index is 0.650. The standard InChI is InChI=1S/C53H33N3S/c1-3-11-34(12-4-1)36-21-26-40(27-22-36)52-54-51(39-14-5-2-6-15-39)55-53(56-52)43-29-30-46-48(32-43)57-49-33-47(44-17-9-10-18-45(44)50(46)49)38-24-19-37(20-25-38)42-28-23-35-13-7-8-16-41(35)31-42/h1-33H. The van der Waals surface area contributed by atoms with Crippen LogP contribution in [0.5, 0.6) is 0 Å². The van der Waals surface area contributed by atoms with Crippen LogP contribution in [0.3, 0.4) is 0 Å². The minimum absolute atomic E-state index is 0.650. The first kappa shape index (κ1) is 33.1. The first-order valence-electron chi connectivity index (χ1n) is 19.2. The van der Waals surface area contributed by atoms with Gasteiger partial charge in [-0.15, -0.1) is 11.3 Å². The average Bonchev–Trinajstić information content (AvgIpc) is 3.67. The van der Waals surface area contributed by atoms with Crippen molar-refractivity contribution in [3.05, 3.63) is 200 Å². The lowest BCUT2D eigenvalue weighted by Gasteiger charge is -2.11. The number of rotatable bonds is 6. The van der Waals surface area contributed by atoms with Crippen LogP contribution in [-0.4, -0.2) is 15.0 Å². The highest BCUT2D eigenvalue weighted by Gasteiger charge is 2.17. The molecule has 0 unspecified atom stereocenters. The molecule has 2 heterocycles. The molecular formula is C53H33N3S. The molecule has 0 fully saturated rings. The van der Waals surface area contributed by atoms with Crippen molar-refractivity contribution in [1.29, 1.82) is 0 Å². The minimum Gasteiger partial charge on any atom is -0.208 e. The van der Waals surface area contributed by atoms with Crippen molar-refractivity contribution in [2.45, 2.75) is 0 Å². The van der Waals surface area contributed by atoms with Crippen LogP contribution in [0.25, 0.3) is 109 Å². The molecule has 2 aromatic heterocycles. The van der Waals surface area contributed by atoms with Gasteiger partial charge in [0.05, 0.1) is 0 Å². The van der Waals surface area contributed by atoms with Gasteiger partial charge in [0.15, 0.2) is 17.5 Å². The summed E-state index contributed by atoms with van der Waals surface area (Å²) in [4.78, 5) is 15.1. The number of hydrogen-bond acceptors (Lipinski definition) is 4. The summed E-state index contributed by atoms with van der Waals surface area (Å²) in [5.74, 6) is 1.96. The van der Waals surface area contributed by atoms with Gasteiger partial charge >= 0.3 is 0 Å². The quantitative estimate of drug-likeness (QED) is 0.170. The van der Waals surface area contributed by atoms with E-state index in [9.17, 15) is 0 Å². The van der Waals surface area contributed by atoms with Gasteiger partial charge in [0.1, 0.15) is 0 Å². The van der Waals surface area contributed by atoms with Crippen LogP contribution in [0, 0.1) is 0 Å². The molecule has 3 nitrogen and oxygen atoms in total. The molecule has 0 amide bonds.